The van der Waals surface area contributed by atoms with Crippen LogP contribution in [-0.2, 0) is 0 Å². The van der Waals surface area contributed by atoms with Gasteiger partial charge in [-0.2, -0.15) is 0 Å². The van der Waals surface area contributed by atoms with Crippen molar-refractivity contribution >= 4 is 11.6 Å². The number of aliphatic hydroxyl groups excluding tert-OH is 1. The third-order valence-electron chi connectivity index (χ3n) is 2.12. The molecule has 16 heavy (non-hydrogen) atoms. The number of aromatic nitrogens is 2. The lowest BCUT2D eigenvalue weighted by Crippen LogP contribution is -2.33. The topological polar surface area (TPSA) is 75.3 Å². The molecular formula is C9H14F2N4O. The van der Waals surface area contributed by atoms with E-state index in [0.29, 0.717) is 11.4 Å². The van der Waals surface area contributed by atoms with E-state index >= 15 is 0 Å². The Kier molecular flexibility index (Phi) is 4.36. The summed E-state index contributed by atoms with van der Waals surface area (Å²) in [6.07, 6.45) is -1.28. The molecule has 0 aromatic carbocycles. The van der Waals surface area contributed by atoms with Gasteiger partial charge in [-0.15, -0.1) is 0 Å². The Hall–Kier alpha value is -1.50. The largest absolute Gasteiger partial charge is 0.395 e. The third-order valence-corrected chi connectivity index (χ3v) is 2.12. The summed E-state index contributed by atoms with van der Waals surface area (Å²) in [5, 5.41) is 8.81. The van der Waals surface area contributed by atoms with Crippen molar-refractivity contribution in [3.05, 3.63) is 11.9 Å². The highest BCUT2D eigenvalue weighted by molar-refractivity contribution is 5.55. The minimum Gasteiger partial charge on any atom is -0.395 e. The summed E-state index contributed by atoms with van der Waals surface area (Å²) in [6, 6.07) is 0. The maximum absolute atomic E-state index is 12.3. The molecule has 0 aliphatic rings. The maximum atomic E-state index is 12.3. The van der Waals surface area contributed by atoms with Crippen molar-refractivity contribution < 1.29 is 13.9 Å². The summed E-state index contributed by atoms with van der Waals surface area (Å²) in [5.74, 6) is 0.587. The average Bonchev–Trinajstić information content (AvgIpc) is 2.21. The van der Waals surface area contributed by atoms with E-state index in [1.54, 1.807) is 6.92 Å². The number of nitrogens with zero attached hydrogens (tertiary/aromatic N) is 3. The number of nitrogens with two attached hydrogens (primary N) is 1. The minimum atomic E-state index is -2.50. The Bertz CT molecular complexity index is 348. The number of alkyl halides is 2. The van der Waals surface area contributed by atoms with E-state index in [4.69, 9.17) is 10.8 Å². The first-order chi connectivity index (χ1) is 7.56. The summed E-state index contributed by atoms with van der Waals surface area (Å²) in [7, 11) is 0. The molecule has 7 heteroatoms. The monoisotopic (exact) mass is 232 g/mol. The maximum Gasteiger partial charge on any atom is 0.255 e. The van der Waals surface area contributed by atoms with E-state index in [-0.39, 0.29) is 19.0 Å². The van der Waals surface area contributed by atoms with E-state index in [1.807, 2.05) is 0 Å². The van der Waals surface area contributed by atoms with E-state index in [1.165, 1.54) is 11.2 Å². The lowest BCUT2D eigenvalue weighted by Gasteiger charge is -2.23. The summed E-state index contributed by atoms with van der Waals surface area (Å²) >= 11 is 0. The molecule has 0 amide bonds. The molecule has 0 bridgehead atoms. The molecule has 0 spiro atoms. The molecule has 90 valence electrons. The van der Waals surface area contributed by atoms with Crippen molar-refractivity contribution in [3.63, 3.8) is 0 Å². The lowest BCUT2D eigenvalue weighted by atomic mass is 10.3. The van der Waals surface area contributed by atoms with Crippen LogP contribution in [0.15, 0.2) is 6.33 Å². The Balaban J connectivity index is 2.96. The van der Waals surface area contributed by atoms with Crippen LogP contribution in [0.25, 0.3) is 0 Å². The second-order valence-electron chi connectivity index (χ2n) is 3.27. The Morgan fingerprint density at radius 3 is 2.75 bits per heavy atom. The summed E-state index contributed by atoms with van der Waals surface area (Å²) in [6.45, 7) is 1.02. The van der Waals surface area contributed by atoms with Gasteiger partial charge >= 0.3 is 0 Å². The van der Waals surface area contributed by atoms with Crippen molar-refractivity contribution in [3.8, 4) is 0 Å². The molecule has 0 aliphatic heterocycles. The van der Waals surface area contributed by atoms with Crippen LogP contribution in [0.5, 0.6) is 0 Å². The summed E-state index contributed by atoms with van der Waals surface area (Å²) in [5.41, 5.74) is 6.10. The number of hydrogen-bond donors (Lipinski definition) is 2. The van der Waals surface area contributed by atoms with Gasteiger partial charge in [0.2, 0.25) is 0 Å². The highest BCUT2D eigenvalue weighted by atomic mass is 19.3. The first-order valence-corrected chi connectivity index (χ1v) is 4.77. The molecule has 1 rings (SSSR count). The second-order valence-corrected chi connectivity index (χ2v) is 3.27. The molecule has 1 heterocycles. The molecule has 1 aromatic rings. The minimum absolute atomic E-state index is 0.0850. The van der Waals surface area contributed by atoms with Crippen molar-refractivity contribution in [1.29, 1.82) is 0 Å². The first-order valence-electron chi connectivity index (χ1n) is 4.77. The van der Waals surface area contributed by atoms with E-state index in [9.17, 15) is 8.78 Å². The first kappa shape index (κ1) is 12.6. The van der Waals surface area contributed by atoms with Crippen LogP contribution in [0.2, 0.25) is 0 Å². The SMILES string of the molecule is Cc1c(N)ncnc1N(CCO)CC(F)F. The Morgan fingerprint density at radius 1 is 1.50 bits per heavy atom. The number of nitrogen functional groups attached to an aromatic ring is 1. The van der Waals surface area contributed by atoms with Crippen LogP contribution >= 0.6 is 0 Å². The van der Waals surface area contributed by atoms with Crippen LogP contribution in [0, 0.1) is 6.92 Å². The van der Waals surface area contributed by atoms with Gasteiger partial charge < -0.3 is 15.7 Å². The zero-order valence-electron chi connectivity index (χ0n) is 8.90. The van der Waals surface area contributed by atoms with Crippen LogP contribution in [0.3, 0.4) is 0 Å². The van der Waals surface area contributed by atoms with Crippen molar-refractivity contribution in [2.45, 2.75) is 13.3 Å². The molecule has 0 unspecified atom stereocenters. The van der Waals surface area contributed by atoms with E-state index in [0.717, 1.165) is 0 Å². The molecule has 0 atom stereocenters. The molecule has 0 aliphatic carbocycles. The number of aliphatic hydroxyl groups is 1. The van der Waals surface area contributed by atoms with Gasteiger partial charge in [-0.3, -0.25) is 0 Å². The van der Waals surface area contributed by atoms with E-state index in [2.05, 4.69) is 9.97 Å². The zero-order valence-corrected chi connectivity index (χ0v) is 8.90. The van der Waals surface area contributed by atoms with Gasteiger partial charge in [0.1, 0.15) is 18.0 Å². The van der Waals surface area contributed by atoms with Crippen molar-refractivity contribution in [1.82, 2.24) is 9.97 Å². The molecule has 1 aromatic heterocycles. The van der Waals surface area contributed by atoms with E-state index < -0.39 is 13.0 Å². The van der Waals surface area contributed by atoms with Crippen LogP contribution in [-0.4, -0.2) is 41.2 Å². The van der Waals surface area contributed by atoms with Gasteiger partial charge in [0, 0.05) is 12.1 Å². The molecular weight excluding hydrogens is 218 g/mol. The molecule has 0 fully saturated rings. The number of rotatable bonds is 5. The quantitative estimate of drug-likeness (QED) is 0.770. The van der Waals surface area contributed by atoms with Gasteiger partial charge in [0.25, 0.3) is 6.43 Å². The third kappa shape index (κ3) is 2.99. The molecule has 3 N–H and O–H groups in total. The molecule has 0 radical (unpaired) electrons. The Morgan fingerprint density at radius 2 is 2.19 bits per heavy atom. The van der Waals surface area contributed by atoms with Gasteiger partial charge in [0.05, 0.1) is 13.2 Å². The fraction of sp³-hybridized carbons (Fsp3) is 0.556. The van der Waals surface area contributed by atoms with Crippen LogP contribution in [0.4, 0.5) is 20.4 Å². The smallest absolute Gasteiger partial charge is 0.255 e. The fourth-order valence-corrected chi connectivity index (χ4v) is 1.34. The molecule has 0 saturated heterocycles. The van der Waals surface area contributed by atoms with Crippen LogP contribution < -0.4 is 10.6 Å². The standard InChI is InChI=1S/C9H14F2N4O/c1-6-8(12)13-5-14-9(6)15(2-3-16)4-7(10)11/h5,7,16H,2-4H2,1H3,(H2,12,13,14). The highest BCUT2D eigenvalue weighted by Gasteiger charge is 2.16. The highest BCUT2D eigenvalue weighted by Crippen LogP contribution is 2.20. The molecule has 0 saturated carbocycles. The summed E-state index contributed by atoms with van der Waals surface area (Å²) < 4.78 is 24.7. The predicted molar refractivity (Wildman–Crippen MR) is 56.5 cm³/mol. The lowest BCUT2D eigenvalue weighted by molar-refractivity contribution is 0.152. The normalized spacial score (nSPS) is 10.8. The Labute approximate surface area is 91.9 Å². The predicted octanol–water partition coefficient (Wildman–Crippen LogP) is 0.431. The number of hydrogen-bond acceptors (Lipinski definition) is 5. The van der Waals surface area contributed by atoms with Crippen molar-refractivity contribution in [2.75, 3.05) is 30.3 Å². The van der Waals surface area contributed by atoms with Crippen molar-refractivity contribution in [2.24, 2.45) is 0 Å². The van der Waals surface area contributed by atoms with Gasteiger partial charge in [-0.1, -0.05) is 0 Å². The summed E-state index contributed by atoms with van der Waals surface area (Å²) in [4.78, 5) is 8.94. The van der Waals surface area contributed by atoms with Crippen LogP contribution in [0.1, 0.15) is 5.56 Å². The average molecular weight is 232 g/mol. The zero-order chi connectivity index (χ0) is 12.1. The number of halogens is 2. The fourth-order valence-electron chi connectivity index (χ4n) is 1.34. The number of anilines is 2. The molecule has 5 nitrogen and oxygen atoms in total. The second kappa shape index (κ2) is 5.55. The van der Waals surface area contributed by atoms with Gasteiger partial charge in [-0.05, 0) is 6.92 Å². The van der Waals surface area contributed by atoms with Gasteiger partial charge in [-0.25, -0.2) is 18.7 Å². The van der Waals surface area contributed by atoms with Gasteiger partial charge in [0.15, 0.2) is 0 Å².